The first-order valence-corrected chi connectivity index (χ1v) is 8.30. The van der Waals surface area contributed by atoms with Crippen LogP contribution in [0.2, 0.25) is 0 Å². The van der Waals surface area contributed by atoms with E-state index in [-0.39, 0.29) is 0 Å². The summed E-state index contributed by atoms with van der Waals surface area (Å²) in [6.45, 7) is 7.83. The van der Waals surface area contributed by atoms with Gasteiger partial charge in [-0.05, 0) is 64.3 Å². The standard InChI is InChI=1S/C18H28N2O/c1-13-6-7-16(18(21)11-13)14(2)20-10-8-17-15(12-20)5-4-9-19(17)3/h6-7,11,14-15,17,21H,4-5,8-10,12H2,1-3H3. The monoisotopic (exact) mass is 288 g/mol. The van der Waals surface area contributed by atoms with E-state index >= 15 is 0 Å². The minimum atomic E-state index is 0.304. The van der Waals surface area contributed by atoms with Crippen LogP contribution in [-0.4, -0.2) is 47.6 Å². The van der Waals surface area contributed by atoms with E-state index in [4.69, 9.17) is 0 Å². The minimum Gasteiger partial charge on any atom is -0.508 e. The highest BCUT2D eigenvalue weighted by molar-refractivity contribution is 5.37. The molecule has 116 valence electrons. The number of aryl methyl sites for hydroxylation is 1. The van der Waals surface area contributed by atoms with Gasteiger partial charge in [0.15, 0.2) is 0 Å². The number of aromatic hydroxyl groups is 1. The molecule has 3 unspecified atom stereocenters. The van der Waals surface area contributed by atoms with Gasteiger partial charge >= 0.3 is 0 Å². The Hall–Kier alpha value is -1.06. The van der Waals surface area contributed by atoms with Crippen LogP contribution in [0.25, 0.3) is 0 Å². The Morgan fingerprint density at radius 1 is 1.24 bits per heavy atom. The Morgan fingerprint density at radius 3 is 2.81 bits per heavy atom. The second-order valence-electron chi connectivity index (χ2n) is 6.97. The molecule has 2 saturated heterocycles. The highest BCUT2D eigenvalue weighted by Crippen LogP contribution is 2.35. The van der Waals surface area contributed by atoms with E-state index in [0.717, 1.165) is 29.6 Å². The molecule has 0 amide bonds. The van der Waals surface area contributed by atoms with Gasteiger partial charge in [-0.25, -0.2) is 0 Å². The number of phenolic OH excluding ortho intramolecular Hbond substituents is 1. The minimum absolute atomic E-state index is 0.304. The molecule has 2 aliphatic heterocycles. The van der Waals surface area contributed by atoms with Crippen LogP contribution in [0, 0.1) is 12.8 Å². The van der Waals surface area contributed by atoms with Crippen LogP contribution in [0.5, 0.6) is 5.75 Å². The lowest BCUT2D eigenvalue weighted by molar-refractivity contribution is 0.0225. The second-order valence-corrected chi connectivity index (χ2v) is 6.97. The smallest absolute Gasteiger partial charge is 0.120 e. The highest BCUT2D eigenvalue weighted by Gasteiger charge is 2.36. The molecule has 0 bridgehead atoms. The molecule has 0 aromatic heterocycles. The molecule has 0 aliphatic carbocycles. The molecule has 3 rings (SSSR count). The maximum absolute atomic E-state index is 10.2. The van der Waals surface area contributed by atoms with Crippen molar-refractivity contribution in [1.82, 2.24) is 9.80 Å². The average Bonchev–Trinajstić information content (AvgIpc) is 2.46. The molecule has 1 aromatic rings. The third-order valence-electron chi connectivity index (χ3n) is 5.56. The Morgan fingerprint density at radius 2 is 2.05 bits per heavy atom. The predicted molar refractivity (Wildman–Crippen MR) is 86.6 cm³/mol. The van der Waals surface area contributed by atoms with Gasteiger partial charge in [-0.15, -0.1) is 0 Å². The van der Waals surface area contributed by atoms with E-state index in [0.29, 0.717) is 11.8 Å². The molecule has 2 heterocycles. The van der Waals surface area contributed by atoms with Gasteiger partial charge in [0.1, 0.15) is 5.75 Å². The van der Waals surface area contributed by atoms with Crippen LogP contribution in [-0.2, 0) is 0 Å². The van der Waals surface area contributed by atoms with Crippen LogP contribution in [0.15, 0.2) is 18.2 Å². The molecule has 21 heavy (non-hydrogen) atoms. The van der Waals surface area contributed by atoms with Crippen LogP contribution < -0.4 is 0 Å². The molecule has 1 aromatic carbocycles. The largest absolute Gasteiger partial charge is 0.508 e. The highest BCUT2D eigenvalue weighted by atomic mass is 16.3. The molecule has 3 heteroatoms. The van der Waals surface area contributed by atoms with Gasteiger partial charge in [0, 0.05) is 30.7 Å². The Bertz CT molecular complexity index is 502. The van der Waals surface area contributed by atoms with Gasteiger partial charge in [-0.2, -0.15) is 0 Å². The number of phenols is 1. The number of likely N-dealkylation sites (tertiary alicyclic amines) is 2. The van der Waals surface area contributed by atoms with Gasteiger partial charge in [-0.1, -0.05) is 12.1 Å². The summed E-state index contributed by atoms with van der Waals surface area (Å²) >= 11 is 0. The van der Waals surface area contributed by atoms with Crippen molar-refractivity contribution >= 4 is 0 Å². The molecule has 2 fully saturated rings. The SMILES string of the molecule is Cc1ccc(C(C)N2CCC3C(CCCN3C)C2)c(O)c1. The lowest BCUT2D eigenvalue weighted by Gasteiger charge is -2.47. The van der Waals surface area contributed by atoms with Crippen molar-refractivity contribution < 1.29 is 5.11 Å². The lowest BCUT2D eigenvalue weighted by Crippen LogP contribution is -2.53. The predicted octanol–water partition coefficient (Wildman–Crippen LogP) is 3.18. The zero-order chi connectivity index (χ0) is 15.0. The third kappa shape index (κ3) is 2.95. The third-order valence-corrected chi connectivity index (χ3v) is 5.56. The van der Waals surface area contributed by atoms with E-state index in [1.807, 2.05) is 13.0 Å². The van der Waals surface area contributed by atoms with Crippen LogP contribution in [0.4, 0.5) is 0 Å². The number of benzene rings is 1. The number of hydrogen-bond donors (Lipinski definition) is 1. The van der Waals surface area contributed by atoms with Crippen molar-refractivity contribution in [2.24, 2.45) is 5.92 Å². The fraction of sp³-hybridized carbons (Fsp3) is 0.667. The number of nitrogens with zero attached hydrogens (tertiary/aromatic N) is 2. The van der Waals surface area contributed by atoms with Crippen molar-refractivity contribution in [3.05, 3.63) is 29.3 Å². The van der Waals surface area contributed by atoms with E-state index in [9.17, 15) is 5.11 Å². The summed E-state index contributed by atoms with van der Waals surface area (Å²) in [5, 5.41) is 10.2. The van der Waals surface area contributed by atoms with Crippen LogP contribution in [0.3, 0.4) is 0 Å². The summed E-state index contributed by atoms with van der Waals surface area (Å²) in [7, 11) is 2.28. The van der Waals surface area contributed by atoms with Crippen molar-refractivity contribution in [3.8, 4) is 5.75 Å². The Kier molecular flexibility index (Phi) is 4.23. The summed E-state index contributed by atoms with van der Waals surface area (Å²) in [5.41, 5.74) is 2.19. The van der Waals surface area contributed by atoms with Crippen molar-refractivity contribution in [2.75, 3.05) is 26.7 Å². The fourth-order valence-corrected chi connectivity index (χ4v) is 4.24. The zero-order valence-electron chi connectivity index (χ0n) is 13.5. The van der Waals surface area contributed by atoms with Crippen molar-refractivity contribution in [2.45, 2.75) is 45.2 Å². The van der Waals surface area contributed by atoms with E-state index in [2.05, 4.69) is 35.9 Å². The van der Waals surface area contributed by atoms with Crippen molar-refractivity contribution in [1.29, 1.82) is 0 Å². The quantitative estimate of drug-likeness (QED) is 0.905. The summed E-state index contributed by atoms with van der Waals surface area (Å²) in [5.74, 6) is 1.25. The number of rotatable bonds is 2. The average molecular weight is 288 g/mol. The lowest BCUT2D eigenvalue weighted by atomic mass is 9.83. The topological polar surface area (TPSA) is 26.7 Å². The first-order chi connectivity index (χ1) is 10.1. The second kappa shape index (κ2) is 5.98. The van der Waals surface area contributed by atoms with Gasteiger partial charge in [-0.3, -0.25) is 4.90 Å². The molecular weight excluding hydrogens is 260 g/mol. The van der Waals surface area contributed by atoms with E-state index < -0.39 is 0 Å². The van der Waals surface area contributed by atoms with Crippen LogP contribution in [0.1, 0.15) is 43.4 Å². The maximum atomic E-state index is 10.2. The molecule has 3 atom stereocenters. The van der Waals surface area contributed by atoms with Gasteiger partial charge < -0.3 is 10.0 Å². The number of piperidine rings is 2. The van der Waals surface area contributed by atoms with Gasteiger partial charge in [0.25, 0.3) is 0 Å². The molecule has 1 N–H and O–H groups in total. The zero-order valence-corrected chi connectivity index (χ0v) is 13.5. The Balaban J connectivity index is 1.72. The van der Waals surface area contributed by atoms with E-state index in [1.54, 1.807) is 0 Å². The normalized spacial score (nSPS) is 29.1. The number of hydrogen-bond acceptors (Lipinski definition) is 3. The molecule has 0 saturated carbocycles. The summed E-state index contributed by atoms with van der Waals surface area (Å²) in [6, 6.07) is 7.15. The summed E-state index contributed by atoms with van der Waals surface area (Å²) in [4.78, 5) is 5.12. The summed E-state index contributed by atoms with van der Waals surface area (Å²) in [6.07, 6.45) is 3.95. The first kappa shape index (κ1) is 14.9. The molecular formula is C18H28N2O. The van der Waals surface area contributed by atoms with Crippen LogP contribution >= 0.6 is 0 Å². The number of fused-ring (bicyclic) bond motifs is 1. The van der Waals surface area contributed by atoms with Gasteiger partial charge in [0.2, 0.25) is 0 Å². The molecule has 3 nitrogen and oxygen atoms in total. The molecule has 0 spiro atoms. The Labute approximate surface area is 128 Å². The molecule has 2 aliphatic rings. The van der Waals surface area contributed by atoms with E-state index in [1.165, 1.54) is 32.4 Å². The summed E-state index contributed by atoms with van der Waals surface area (Å²) < 4.78 is 0. The van der Waals surface area contributed by atoms with Gasteiger partial charge in [0.05, 0.1) is 0 Å². The fourth-order valence-electron chi connectivity index (χ4n) is 4.24. The molecule has 0 radical (unpaired) electrons. The first-order valence-electron chi connectivity index (χ1n) is 8.30. The van der Waals surface area contributed by atoms with Crippen molar-refractivity contribution in [3.63, 3.8) is 0 Å². The maximum Gasteiger partial charge on any atom is 0.120 e.